The Balaban J connectivity index is 5.96. The maximum absolute atomic E-state index is 13.4. The fraction of sp³-hybridized carbons (Fsp3) is 0.656. The van der Waals surface area contributed by atoms with Gasteiger partial charge in [-0.2, -0.15) is 0 Å². The third kappa shape index (κ3) is 20.5. The number of amides is 8. The number of carboxylic acids is 3. The van der Waals surface area contributed by atoms with E-state index in [2.05, 4.69) is 37.2 Å². The summed E-state index contributed by atoms with van der Waals surface area (Å²) in [6.45, 7) is 2.60. The van der Waals surface area contributed by atoms with Gasteiger partial charge < -0.3 is 73.8 Å². The molecule has 0 aromatic heterocycles. The first-order valence-electron chi connectivity index (χ1n) is 17.5. The Morgan fingerprint density at radius 2 is 1.02 bits per heavy atom. The van der Waals surface area contributed by atoms with Gasteiger partial charge in [0.25, 0.3) is 0 Å². The summed E-state index contributed by atoms with van der Waals surface area (Å²) in [5.74, 6) is -13.6. The number of carbonyl (C=O) groups is 11. The molecule has 6 unspecified atom stereocenters. The monoisotopic (exact) mass is 819 g/mol. The molecule has 0 aromatic carbocycles. The maximum Gasteiger partial charge on any atom is 0.328 e. The Bertz CT molecular complexity index is 1470. The molecule has 0 saturated heterocycles. The molecule has 6 atom stereocenters. The van der Waals surface area contributed by atoms with Gasteiger partial charge in [-0.05, 0) is 24.7 Å². The number of hydrogen-bond donors (Lipinski definition) is 14. The summed E-state index contributed by atoms with van der Waals surface area (Å²) in [6.07, 6.45) is -2.47. The summed E-state index contributed by atoms with van der Waals surface area (Å²) >= 11 is 0. The van der Waals surface area contributed by atoms with Crippen molar-refractivity contribution in [3.05, 3.63) is 0 Å². The van der Waals surface area contributed by atoms with Crippen molar-refractivity contribution in [2.75, 3.05) is 32.8 Å². The van der Waals surface area contributed by atoms with Gasteiger partial charge in [0, 0.05) is 6.42 Å². The first kappa shape index (κ1) is 51.0. The average Bonchev–Trinajstić information content (AvgIpc) is 3.12. The lowest BCUT2D eigenvalue weighted by atomic mass is 10.0. The minimum atomic E-state index is -1.92. The quantitative estimate of drug-likeness (QED) is 0.0366. The second-order valence-corrected chi connectivity index (χ2v) is 13.2. The highest BCUT2D eigenvalue weighted by molar-refractivity contribution is 5.98. The average molecular weight is 820 g/mol. The summed E-state index contributed by atoms with van der Waals surface area (Å²) in [5, 5.41) is 64.1. The summed E-state index contributed by atoms with van der Waals surface area (Å²) in [5.41, 5.74) is 5.12. The van der Waals surface area contributed by atoms with Gasteiger partial charge in [-0.25, -0.2) is 4.79 Å². The molecule has 0 saturated carbocycles. The molecule has 0 aromatic rings. The number of aliphatic hydroxyl groups excluding tert-OH is 2. The molecule has 0 spiro atoms. The Morgan fingerprint density at radius 1 is 0.526 bits per heavy atom. The largest absolute Gasteiger partial charge is 0.481 e. The van der Waals surface area contributed by atoms with E-state index in [1.54, 1.807) is 13.8 Å². The van der Waals surface area contributed by atoms with E-state index in [1.165, 1.54) is 13.8 Å². The van der Waals surface area contributed by atoms with E-state index in [0.717, 1.165) is 0 Å². The zero-order valence-corrected chi connectivity index (χ0v) is 31.8. The predicted octanol–water partition coefficient (Wildman–Crippen LogP) is -6.80. The molecule has 0 heterocycles. The summed E-state index contributed by atoms with van der Waals surface area (Å²) in [7, 11) is 0. The molecule has 0 fully saturated rings. The second kappa shape index (κ2) is 26.0. The highest BCUT2D eigenvalue weighted by Gasteiger charge is 2.34. The number of aliphatic carboxylic acids is 3. The molecule has 0 rings (SSSR count). The van der Waals surface area contributed by atoms with E-state index >= 15 is 0 Å². The van der Waals surface area contributed by atoms with E-state index in [9.17, 15) is 78.3 Å². The molecule has 8 amide bonds. The summed E-state index contributed by atoms with van der Waals surface area (Å²) < 4.78 is 0. The van der Waals surface area contributed by atoms with E-state index in [-0.39, 0.29) is 12.3 Å². The molecule has 0 aliphatic carbocycles. The van der Waals surface area contributed by atoms with Crippen LogP contribution in [0.15, 0.2) is 0 Å². The van der Waals surface area contributed by atoms with Crippen LogP contribution in [0, 0.1) is 11.8 Å². The van der Waals surface area contributed by atoms with Crippen LogP contribution < -0.4 is 48.3 Å². The van der Waals surface area contributed by atoms with Gasteiger partial charge >= 0.3 is 17.9 Å². The second-order valence-electron chi connectivity index (χ2n) is 13.2. The minimum Gasteiger partial charge on any atom is -0.481 e. The highest BCUT2D eigenvalue weighted by atomic mass is 16.4. The summed E-state index contributed by atoms with van der Waals surface area (Å²) in [4.78, 5) is 136. The Kier molecular flexibility index (Phi) is 23.3. The van der Waals surface area contributed by atoms with Crippen molar-refractivity contribution in [3.8, 4) is 0 Å². The van der Waals surface area contributed by atoms with Crippen LogP contribution in [0.5, 0.6) is 0 Å². The maximum atomic E-state index is 13.4. The normalized spacial score (nSPS) is 14.0. The number of carbonyl (C=O) groups excluding carboxylic acids is 8. The number of nitrogens with two attached hydrogens (primary N) is 1. The molecule has 0 radical (unpaired) electrons. The Hall–Kier alpha value is -5.95. The van der Waals surface area contributed by atoms with Crippen molar-refractivity contribution in [2.45, 2.75) is 89.6 Å². The van der Waals surface area contributed by atoms with Crippen LogP contribution in [0.3, 0.4) is 0 Å². The molecule has 0 bridgehead atoms. The molecular weight excluding hydrogens is 766 g/mol. The highest BCUT2D eigenvalue weighted by Crippen LogP contribution is 2.09. The van der Waals surface area contributed by atoms with Crippen molar-refractivity contribution in [3.63, 3.8) is 0 Å². The van der Waals surface area contributed by atoms with Crippen LogP contribution in [-0.4, -0.2) is 160 Å². The molecule has 25 heteroatoms. The Morgan fingerprint density at radius 3 is 1.51 bits per heavy atom. The third-order valence-corrected chi connectivity index (χ3v) is 7.58. The third-order valence-electron chi connectivity index (χ3n) is 7.58. The molecule has 15 N–H and O–H groups in total. The molecule has 322 valence electrons. The lowest BCUT2D eigenvalue weighted by Gasteiger charge is -2.27. The molecule has 25 nitrogen and oxygen atoms in total. The lowest BCUT2D eigenvalue weighted by molar-refractivity contribution is -0.144. The van der Waals surface area contributed by atoms with E-state index in [0.29, 0.717) is 0 Å². The summed E-state index contributed by atoms with van der Waals surface area (Å²) in [6, 6.07) is -9.84. The number of nitrogens with one attached hydrogen (secondary N) is 8. The van der Waals surface area contributed by atoms with Crippen molar-refractivity contribution < 1.29 is 78.3 Å². The number of carboxylic acid groups (broad SMARTS) is 3. The van der Waals surface area contributed by atoms with Gasteiger partial charge in [-0.15, -0.1) is 0 Å². The van der Waals surface area contributed by atoms with Gasteiger partial charge in [0.1, 0.15) is 36.3 Å². The van der Waals surface area contributed by atoms with Gasteiger partial charge in [-0.3, -0.25) is 47.9 Å². The number of hydrogen-bond acceptors (Lipinski definition) is 14. The van der Waals surface area contributed by atoms with Crippen molar-refractivity contribution >= 4 is 65.2 Å². The van der Waals surface area contributed by atoms with Crippen molar-refractivity contribution in [1.29, 1.82) is 0 Å². The molecule has 0 aliphatic rings. The van der Waals surface area contributed by atoms with Gasteiger partial charge in [0.2, 0.25) is 47.3 Å². The van der Waals surface area contributed by atoms with E-state index in [4.69, 9.17) is 5.73 Å². The fourth-order valence-electron chi connectivity index (χ4n) is 4.63. The molecular formula is C32H53N9O16. The standard InChI is InChI=1S/C32H53N9O16/c1-14(2)7-17(29(53)40-20(13-43)32(56)57)38-30(54)18(8-25(49)50)39-28(52)16(5-6-24(47)48)37-31(55)26(15(3)4)41-23(46)11-35-27(51)19(12-42)36-22(45)10-34-21(44)9-33/h14-20,26,42-43H,5-13,33H2,1-4H3,(H,34,44)(H,35,51)(H,36,45)(H,37,55)(H,38,54)(H,39,52)(H,40,53)(H,41,46)(H,47,48)(H,49,50)(H,56,57). The van der Waals surface area contributed by atoms with Crippen molar-refractivity contribution in [1.82, 2.24) is 42.5 Å². The molecule has 0 aliphatic heterocycles. The van der Waals surface area contributed by atoms with Crippen LogP contribution >= 0.6 is 0 Å². The lowest BCUT2D eigenvalue weighted by Crippen LogP contribution is -2.60. The first-order chi connectivity index (χ1) is 26.6. The predicted molar refractivity (Wildman–Crippen MR) is 192 cm³/mol. The zero-order valence-electron chi connectivity index (χ0n) is 31.8. The first-order valence-corrected chi connectivity index (χ1v) is 17.5. The van der Waals surface area contributed by atoms with Crippen LogP contribution in [0.1, 0.15) is 53.4 Å². The van der Waals surface area contributed by atoms with E-state index in [1.807, 2.05) is 5.32 Å². The fourth-order valence-corrected chi connectivity index (χ4v) is 4.63. The van der Waals surface area contributed by atoms with Crippen molar-refractivity contribution in [2.24, 2.45) is 17.6 Å². The topological polar surface area (TPSA) is 411 Å². The van der Waals surface area contributed by atoms with Crippen LogP contribution in [0.25, 0.3) is 0 Å². The van der Waals surface area contributed by atoms with Crippen LogP contribution in [0.2, 0.25) is 0 Å². The van der Waals surface area contributed by atoms with Gasteiger partial charge in [0.15, 0.2) is 0 Å². The number of aliphatic hydroxyl groups is 2. The van der Waals surface area contributed by atoms with Crippen LogP contribution in [-0.2, 0) is 52.7 Å². The smallest absolute Gasteiger partial charge is 0.328 e. The van der Waals surface area contributed by atoms with Gasteiger partial charge in [0.05, 0.1) is 39.3 Å². The van der Waals surface area contributed by atoms with E-state index < -0.39 is 159 Å². The molecule has 57 heavy (non-hydrogen) atoms. The number of rotatable bonds is 27. The minimum absolute atomic E-state index is 0.0958. The van der Waals surface area contributed by atoms with Crippen LogP contribution in [0.4, 0.5) is 0 Å². The van der Waals surface area contributed by atoms with Gasteiger partial charge in [-0.1, -0.05) is 27.7 Å². The SMILES string of the molecule is CC(C)CC(NC(=O)C(CC(=O)O)NC(=O)C(CCC(=O)O)NC(=O)C(NC(=O)CNC(=O)C(CO)NC(=O)CNC(=O)CN)C(C)C)C(=O)NC(CO)C(=O)O. The zero-order chi connectivity index (χ0) is 44.0. The Labute approximate surface area is 326 Å².